The fourth-order valence-electron chi connectivity index (χ4n) is 2.67. The zero-order chi connectivity index (χ0) is 15.7. The molecular formula is C15H21N3O3. The molecule has 1 aromatic rings. The number of aliphatic carboxylic acids is 1. The summed E-state index contributed by atoms with van der Waals surface area (Å²) >= 11 is 0. The number of rotatable bonds is 3. The van der Waals surface area contributed by atoms with Crippen LogP contribution in [0, 0.1) is 18.8 Å². The Balaban J connectivity index is 2.20. The van der Waals surface area contributed by atoms with Gasteiger partial charge in [-0.05, 0) is 33.6 Å². The predicted octanol–water partition coefficient (Wildman–Crippen LogP) is 2.11. The van der Waals surface area contributed by atoms with Crippen molar-refractivity contribution in [1.29, 1.82) is 0 Å². The zero-order valence-electron chi connectivity index (χ0n) is 12.8. The number of amides is 1. The smallest absolute Gasteiger partial charge is 0.307 e. The van der Waals surface area contributed by atoms with Gasteiger partial charge in [-0.15, -0.1) is 0 Å². The van der Waals surface area contributed by atoms with Gasteiger partial charge in [0.15, 0.2) is 0 Å². The molecule has 2 rings (SSSR count). The Hall–Kier alpha value is -2.11. The number of anilines is 1. The van der Waals surface area contributed by atoms with Crippen LogP contribution in [0.3, 0.4) is 0 Å². The number of hydrogen-bond donors (Lipinski definition) is 2. The summed E-state index contributed by atoms with van der Waals surface area (Å²) in [6.07, 6.45) is 2.51. The van der Waals surface area contributed by atoms with Crippen molar-refractivity contribution in [2.75, 3.05) is 5.32 Å². The molecule has 0 saturated heterocycles. The monoisotopic (exact) mass is 291 g/mol. The fourth-order valence-corrected chi connectivity index (χ4v) is 2.67. The molecule has 2 N–H and O–H groups in total. The van der Waals surface area contributed by atoms with Gasteiger partial charge in [-0.25, -0.2) is 0 Å². The third-order valence-electron chi connectivity index (χ3n) is 4.41. The summed E-state index contributed by atoms with van der Waals surface area (Å²) in [6.45, 7) is 5.75. The van der Waals surface area contributed by atoms with E-state index < -0.39 is 17.8 Å². The Morgan fingerprint density at radius 2 is 1.81 bits per heavy atom. The maximum Gasteiger partial charge on any atom is 0.307 e. The standard InChI is InChI=1S/C15H21N3O3/c1-8-5-11(12(15(20)21)6-9(8)2)14(19)17-13-7-16-18(4)10(13)3/h7,11-12H,5-6H2,1-4H3,(H,17,19)(H,20,21)/t11-,12+/m1/s1. The molecule has 1 heterocycles. The lowest BCUT2D eigenvalue weighted by atomic mass is 9.76. The molecule has 1 aliphatic rings. The van der Waals surface area contributed by atoms with E-state index in [0.717, 1.165) is 16.8 Å². The number of carboxylic acid groups (broad SMARTS) is 1. The molecule has 0 spiro atoms. The van der Waals surface area contributed by atoms with Gasteiger partial charge in [0.2, 0.25) is 5.91 Å². The molecule has 2 atom stereocenters. The number of carboxylic acids is 1. The van der Waals surface area contributed by atoms with Crippen LogP contribution in [0.25, 0.3) is 0 Å². The van der Waals surface area contributed by atoms with E-state index in [1.807, 2.05) is 20.8 Å². The van der Waals surface area contributed by atoms with E-state index in [1.54, 1.807) is 17.9 Å². The van der Waals surface area contributed by atoms with Crippen molar-refractivity contribution in [3.8, 4) is 0 Å². The highest BCUT2D eigenvalue weighted by molar-refractivity contribution is 5.95. The second-order valence-electron chi connectivity index (χ2n) is 5.78. The number of allylic oxidation sites excluding steroid dienone is 2. The van der Waals surface area contributed by atoms with E-state index in [1.165, 1.54) is 0 Å². The van der Waals surface area contributed by atoms with Gasteiger partial charge in [0.05, 0.1) is 29.4 Å². The molecule has 114 valence electrons. The predicted molar refractivity (Wildman–Crippen MR) is 78.8 cm³/mol. The number of carbonyl (C=O) groups excluding carboxylic acids is 1. The molecular weight excluding hydrogens is 270 g/mol. The van der Waals surface area contributed by atoms with Gasteiger partial charge in [0.1, 0.15) is 0 Å². The molecule has 1 amide bonds. The zero-order valence-corrected chi connectivity index (χ0v) is 12.8. The lowest BCUT2D eigenvalue weighted by molar-refractivity contribution is -0.146. The van der Waals surface area contributed by atoms with Gasteiger partial charge in [-0.1, -0.05) is 11.1 Å². The number of hydrogen-bond acceptors (Lipinski definition) is 3. The molecule has 0 fully saturated rings. The summed E-state index contributed by atoms with van der Waals surface area (Å²) in [4.78, 5) is 23.9. The summed E-state index contributed by atoms with van der Waals surface area (Å²) < 4.78 is 1.67. The van der Waals surface area contributed by atoms with Crippen LogP contribution in [0.15, 0.2) is 17.3 Å². The van der Waals surface area contributed by atoms with Crippen molar-refractivity contribution in [2.24, 2.45) is 18.9 Å². The molecule has 0 radical (unpaired) electrons. The van der Waals surface area contributed by atoms with Crippen LogP contribution < -0.4 is 5.32 Å². The lowest BCUT2D eigenvalue weighted by Crippen LogP contribution is -2.36. The van der Waals surface area contributed by atoms with Crippen molar-refractivity contribution in [3.05, 3.63) is 23.0 Å². The number of nitrogens with one attached hydrogen (secondary N) is 1. The fraction of sp³-hybridized carbons (Fsp3) is 0.533. The minimum Gasteiger partial charge on any atom is -0.481 e. The molecule has 0 aliphatic heterocycles. The largest absolute Gasteiger partial charge is 0.481 e. The summed E-state index contributed by atoms with van der Waals surface area (Å²) in [7, 11) is 1.79. The molecule has 0 saturated carbocycles. The average Bonchev–Trinajstić information content (AvgIpc) is 2.73. The van der Waals surface area contributed by atoms with E-state index in [4.69, 9.17) is 0 Å². The average molecular weight is 291 g/mol. The summed E-state index contributed by atoms with van der Waals surface area (Å²) in [5.41, 5.74) is 3.66. The summed E-state index contributed by atoms with van der Waals surface area (Å²) in [6, 6.07) is 0. The van der Waals surface area contributed by atoms with E-state index in [-0.39, 0.29) is 5.91 Å². The van der Waals surface area contributed by atoms with Crippen molar-refractivity contribution in [3.63, 3.8) is 0 Å². The first-order valence-corrected chi connectivity index (χ1v) is 6.98. The number of carbonyl (C=O) groups is 2. The van der Waals surface area contributed by atoms with Crippen LogP contribution in [0.5, 0.6) is 0 Å². The van der Waals surface area contributed by atoms with Crippen LogP contribution in [0.2, 0.25) is 0 Å². The molecule has 6 heteroatoms. The van der Waals surface area contributed by atoms with Crippen molar-refractivity contribution >= 4 is 17.6 Å². The molecule has 1 aromatic heterocycles. The minimum atomic E-state index is -0.912. The summed E-state index contributed by atoms with van der Waals surface area (Å²) in [5.74, 6) is -2.35. The van der Waals surface area contributed by atoms with Gasteiger partial charge in [0, 0.05) is 7.05 Å². The molecule has 6 nitrogen and oxygen atoms in total. The highest BCUT2D eigenvalue weighted by atomic mass is 16.4. The second kappa shape index (κ2) is 5.71. The van der Waals surface area contributed by atoms with Crippen LogP contribution in [0.4, 0.5) is 5.69 Å². The topological polar surface area (TPSA) is 84.2 Å². The first-order chi connectivity index (χ1) is 9.81. The number of aryl methyl sites for hydroxylation is 1. The highest BCUT2D eigenvalue weighted by Crippen LogP contribution is 2.35. The van der Waals surface area contributed by atoms with Crippen molar-refractivity contribution in [1.82, 2.24) is 9.78 Å². The Kier molecular flexibility index (Phi) is 4.16. The SMILES string of the molecule is CC1=C(C)C[C@@H](C(=O)Nc2cnn(C)c2C)[C@@H](C(=O)O)C1. The Morgan fingerprint density at radius 3 is 2.29 bits per heavy atom. The first-order valence-electron chi connectivity index (χ1n) is 6.98. The molecule has 21 heavy (non-hydrogen) atoms. The summed E-state index contributed by atoms with van der Waals surface area (Å²) in [5, 5.41) is 16.3. The van der Waals surface area contributed by atoms with Gasteiger partial charge < -0.3 is 10.4 Å². The van der Waals surface area contributed by atoms with Crippen LogP contribution in [-0.4, -0.2) is 26.8 Å². The van der Waals surface area contributed by atoms with E-state index in [0.29, 0.717) is 18.5 Å². The van der Waals surface area contributed by atoms with Crippen LogP contribution in [0.1, 0.15) is 32.4 Å². The third-order valence-corrected chi connectivity index (χ3v) is 4.41. The first kappa shape index (κ1) is 15.3. The van der Waals surface area contributed by atoms with E-state index in [2.05, 4.69) is 10.4 Å². The van der Waals surface area contributed by atoms with Gasteiger partial charge in [0.25, 0.3) is 0 Å². The highest BCUT2D eigenvalue weighted by Gasteiger charge is 2.37. The Morgan fingerprint density at radius 1 is 1.24 bits per heavy atom. The van der Waals surface area contributed by atoms with Gasteiger partial charge >= 0.3 is 5.97 Å². The quantitative estimate of drug-likeness (QED) is 0.835. The molecule has 0 aromatic carbocycles. The van der Waals surface area contributed by atoms with E-state index in [9.17, 15) is 14.7 Å². The van der Waals surface area contributed by atoms with Crippen LogP contribution in [-0.2, 0) is 16.6 Å². The maximum absolute atomic E-state index is 12.5. The van der Waals surface area contributed by atoms with E-state index >= 15 is 0 Å². The van der Waals surface area contributed by atoms with Gasteiger partial charge in [-0.2, -0.15) is 5.10 Å². The Bertz CT molecular complexity index is 616. The van der Waals surface area contributed by atoms with Crippen molar-refractivity contribution < 1.29 is 14.7 Å². The normalized spacial score (nSPS) is 22.3. The van der Waals surface area contributed by atoms with Crippen molar-refractivity contribution in [2.45, 2.75) is 33.6 Å². The number of nitrogens with zero attached hydrogens (tertiary/aromatic N) is 2. The number of aromatic nitrogens is 2. The maximum atomic E-state index is 12.5. The lowest BCUT2D eigenvalue weighted by Gasteiger charge is -2.29. The molecule has 0 unspecified atom stereocenters. The Labute approximate surface area is 123 Å². The molecule has 0 bridgehead atoms. The molecule has 1 aliphatic carbocycles. The second-order valence-corrected chi connectivity index (χ2v) is 5.78. The minimum absolute atomic E-state index is 0.245. The third kappa shape index (κ3) is 2.99. The van der Waals surface area contributed by atoms with Crippen LogP contribution >= 0.6 is 0 Å². The van der Waals surface area contributed by atoms with Gasteiger partial charge in [-0.3, -0.25) is 14.3 Å².